The van der Waals surface area contributed by atoms with Gasteiger partial charge in [-0.2, -0.15) is 0 Å². The number of para-hydroxylation sites is 1. The van der Waals surface area contributed by atoms with E-state index in [-0.39, 0.29) is 5.91 Å². The highest BCUT2D eigenvalue weighted by Crippen LogP contribution is 2.21. The van der Waals surface area contributed by atoms with Crippen molar-refractivity contribution in [3.63, 3.8) is 0 Å². The Labute approximate surface area is 142 Å². The van der Waals surface area contributed by atoms with Crippen LogP contribution in [0, 0.1) is 0 Å². The third-order valence-corrected chi connectivity index (χ3v) is 4.14. The Balaban J connectivity index is 1.66. The Bertz CT molecular complexity index is 865. The smallest absolute Gasteiger partial charge is 0.246 e. The first-order valence-corrected chi connectivity index (χ1v) is 8.02. The van der Waals surface area contributed by atoms with Crippen LogP contribution in [-0.4, -0.2) is 34.0 Å². The zero-order chi connectivity index (χ0) is 16.9. The van der Waals surface area contributed by atoms with Crippen LogP contribution in [0.15, 0.2) is 60.9 Å². The predicted octanol–water partition coefficient (Wildman–Crippen LogP) is 3.29. The third kappa shape index (κ3) is 3.54. The van der Waals surface area contributed by atoms with Crippen LogP contribution in [0.4, 0.5) is 0 Å². The van der Waals surface area contributed by atoms with E-state index in [0.717, 1.165) is 28.6 Å². The molecule has 2 heterocycles. The summed E-state index contributed by atoms with van der Waals surface area (Å²) in [6.45, 7) is 0.649. The van der Waals surface area contributed by atoms with Crippen LogP contribution >= 0.6 is 0 Å². The highest BCUT2D eigenvalue weighted by Gasteiger charge is 2.07. The maximum absolute atomic E-state index is 12.3. The lowest BCUT2D eigenvalue weighted by molar-refractivity contribution is -0.124. The molecule has 3 aromatic rings. The molecule has 0 unspecified atom stereocenters. The molecule has 122 valence electrons. The molecular weight excluding hydrogens is 298 g/mol. The predicted molar refractivity (Wildman–Crippen MR) is 97.5 cm³/mol. The fraction of sp³-hybridized carbons (Fsp3) is 0.200. The van der Waals surface area contributed by atoms with Crippen LogP contribution < -0.4 is 0 Å². The van der Waals surface area contributed by atoms with Crippen molar-refractivity contribution in [3.05, 3.63) is 72.2 Å². The molecule has 3 rings (SSSR count). The number of aromatic nitrogens is 2. The molecule has 0 bridgehead atoms. The van der Waals surface area contributed by atoms with Crippen molar-refractivity contribution in [1.29, 1.82) is 0 Å². The lowest BCUT2D eigenvalue weighted by atomic mass is 10.1. The standard InChI is InChI=1S/C20H21N3O/c1-22(14-12-17-7-5-6-13-21-17)20(24)11-10-16-15-23(2)19-9-4-3-8-18(16)19/h3-11,13,15H,12,14H2,1-2H3. The SMILES string of the molecule is CN(CCc1ccccn1)C(=O)C=Cc1cn(C)c2ccccc12. The van der Waals surface area contributed by atoms with E-state index in [1.807, 2.05) is 56.7 Å². The van der Waals surface area contributed by atoms with Gasteiger partial charge in [0.15, 0.2) is 0 Å². The average molecular weight is 319 g/mol. The van der Waals surface area contributed by atoms with Gasteiger partial charge in [-0.15, -0.1) is 0 Å². The number of rotatable bonds is 5. The average Bonchev–Trinajstić information content (AvgIpc) is 2.95. The van der Waals surface area contributed by atoms with Crippen molar-refractivity contribution >= 4 is 22.9 Å². The minimum atomic E-state index is -0.00105. The highest BCUT2D eigenvalue weighted by atomic mass is 16.2. The summed E-state index contributed by atoms with van der Waals surface area (Å²) in [5.74, 6) is -0.00105. The van der Waals surface area contributed by atoms with Crippen molar-refractivity contribution in [3.8, 4) is 0 Å². The van der Waals surface area contributed by atoms with E-state index in [1.54, 1.807) is 17.2 Å². The second kappa shape index (κ2) is 7.13. The Morgan fingerprint density at radius 2 is 2.00 bits per heavy atom. The number of hydrogen-bond donors (Lipinski definition) is 0. The minimum absolute atomic E-state index is 0.00105. The maximum Gasteiger partial charge on any atom is 0.246 e. The summed E-state index contributed by atoms with van der Waals surface area (Å²) in [6.07, 6.45) is 8.10. The molecule has 0 fully saturated rings. The molecule has 0 radical (unpaired) electrons. The quantitative estimate of drug-likeness (QED) is 0.677. The van der Waals surface area contributed by atoms with Crippen molar-refractivity contribution in [2.24, 2.45) is 7.05 Å². The Morgan fingerprint density at radius 3 is 2.79 bits per heavy atom. The third-order valence-electron chi connectivity index (χ3n) is 4.14. The summed E-state index contributed by atoms with van der Waals surface area (Å²) in [5, 5.41) is 1.15. The first kappa shape index (κ1) is 16.0. The Morgan fingerprint density at radius 1 is 1.21 bits per heavy atom. The second-order valence-electron chi connectivity index (χ2n) is 5.88. The van der Waals surface area contributed by atoms with E-state index in [1.165, 1.54) is 0 Å². The molecule has 2 aromatic heterocycles. The summed E-state index contributed by atoms with van der Waals surface area (Å²) in [4.78, 5) is 18.3. The van der Waals surface area contributed by atoms with Crippen molar-refractivity contribution < 1.29 is 4.79 Å². The van der Waals surface area contributed by atoms with Crippen LogP contribution in [0.3, 0.4) is 0 Å². The molecule has 0 saturated carbocycles. The number of hydrogen-bond acceptors (Lipinski definition) is 2. The minimum Gasteiger partial charge on any atom is -0.350 e. The van der Waals surface area contributed by atoms with E-state index in [0.29, 0.717) is 6.54 Å². The number of pyridine rings is 1. The van der Waals surface area contributed by atoms with Gasteiger partial charge in [0.25, 0.3) is 0 Å². The Kier molecular flexibility index (Phi) is 4.75. The van der Waals surface area contributed by atoms with Crippen molar-refractivity contribution in [1.82, 2.24) is 14.5 Å². The molecule has 1 aromatic carbocycles. The normalized spacial score (nSPS) is 11.2. The lowest BCUT2D eigenvalue weighted by Gasteiger charge is -2.14. The zero-order valence-electron chi connectivity index (χ0n) is 14.0. The number of likely N-dealkylation sites (N-methyl/N-ethyl adjacent to an activating group) is 1. The van der Waals surface area contributed by atoms with Gasteiger partial charge >= 0.3 is 0 Å². The van der Waals surface area contributed by atoms with Crippen LogP contribution in [0.25, 0.3) is 17.0 Å². The summed E-state index contributed by atoms with van der Waals surface area (Å²) in [5.41, 5.74) is 3.21. The second-order valence-corrected chi connectivity index (χ2v) is 5.88. The van der Waals surface area contributed by atoms with Crippen molar-refractivity contribution in [2.45, 2.75) is 6.42 Å². The molecule has 0 spiro atoms. The van der Waals surface area contributed by atoms with E-state index in [4.69, 9.17) is 0 Å². The highest BCUT2D eigenvalue weighted by molar-refractivity contribution is 5.96. The lowest BCUT2D eigenvalue weighted by Crippen LogP contribution is -2.27. The fourth-order valence-electron chi connectivity index (χ4n) is 2.73. The molecule has 4 heteroatoms. The summed E-state index contributed by atoms with van der Waals surface area (Å²) < 4.78 is 2.07. The molecule has 0 N–H and O–H groups in total. The van der Waals surface area contributed by atoms with Crippen LogP contribution in [0.1, 0.15) is 11.3 Å². The molecule has 24 heavy (non-hydrogen) atoms. The van der Waals surface area contributed by atoms with Crippen LogP contribution in [0.5, 0.6) is 0 Å². The van der Waals surface area contributed by atoms with Gasteiger partial charge in [-0.3, -0.25) is 9.78 Å². The largest absolute Gasteiger partial charge is 0.350 e. The van der Waals surface area contributed by atoms with Gasteiger partial charge in [0.05, 0.1) is 0 Å². The summed E-state index contributed by atoms with van der Waals surface area (Å²) in [7, 11) is 3.83. The fourth-order valence-corrected chi connectivity index (χ4v) is 2.73. The molecule has 0 atom stereocenters. The number of fused-ring (bicyclic) bond motifs is 1. The number of amides is 1. The maximum atomic E-state index is 12.3. The number of carbonyl (C=O) groups excluding carboxylic acids is 1. The monoisotopic (exact) mass is 319 g/mol. The number of benzene rings is 1. The number of carbonyl (C=O) groups is 1. The van der Waals surface area contributed by atoms with Crippen LogP contribution in [0.2, 0.25) is 0 Å². The molecule has 0 aliphatic heterocycles. The molecular formula is C20H21N3O. The molecule has 1 amide bonds. The topological polar surface area (TPSA) is 38.1 Å². The van der Waals surface area contributed by atoms with Gasteiger partial charge in [0.2, 0.25) is 5.91 Å². The van der Waals surface area contributed by atoms with Crippen LogP contribution in [-0.2, 0) is 18.3 Å². The van der Waals surface area contributed by atoms with E-state index < -0.39 is 0 Å². The Hall–Kier alpha value is -2.88. The summed E-state index contributed by atoms with van der Waals surface area (Å²) in [6, 6.07) is 14.0. The molecule has 0 saturated heterocycles. The van der Waals surface area contributed by atoms with Gasteiger partial charge in [-0.05, 0) is 24.3 Å². The number of nitrogens with zero attached hydrogens (tertiary/aromatic N) is 3. The molecule has 4 nitrogen and oxygen atoms in total. The van der Waals surface area contributed by atoms with Gasteiger partial charge in [0, 0.05) is 67.7 Å². The van der Waals surface area contributed by atoms with Gasteiger partial charge < -0.3 is 9.47 Å². The molecule has 0 aliphatic carbocycles. The van der Waals surface area contributed by atoms with Gasteiger partial charge in [-0.25, -0.2) is 0 Å². The first-order valence-electron chi connectivity index (χ1n) is 8.02. The van der Waals surface area contributed by atoms with E-state index >= 15 is 0 Å². The van der Waals surface area contributed by atoms with Crippen molar-refractivity contribution in [2.75, 3.05) is 13.6 Å². The van der Waals surface area contributed by atoms with Gasteiger partial charge in [-0.1, -0.05) is 24.3 Å². The number of aryl methyl sites for hydroxylation is 1. The van der Waals surface area contributed by atoms with Gasteiger partial charge in [0.1, 0.15) is 0 Å². The summed E-state index contributed by atoms with van der Waals surface area (Å²) >= 11 is 0. The van der Waals surface area contributed by atoms with E-state index in [9.17, 15) is 4.79 Å². The zero-order valence-corrected chi connectivity index (χ0v) is 14.0. The first-order chi connectivity index (χ1) is 11.6. The van der Waals surface area contributed by atoms with E-state index in [2.05, 4.69) is 21.7 Å². The molecule has 0 aliphatic rings.